The van der Waals surface area contributed by atoms with Gasteiger partial charge in [0.25, 0.3) is 0 Å². The van der Waals surface area contributed by atoms with Crippen LogP contribution in [0, 0.1) is 45.0 Å². The molecule has 0 rings (SSSR count). The second-order valence-electron chi connectivity index (χ2n) is 5.00. The molecule has 0 aliphatic carbocycles. The van der Waals surface area contributed by atoms with E-state index >= 15 is 0 Å². The Morgan fingerprint density at radius 1 is 0.810 bits per heavy atom. The van der Waals surface area contributed by atoms with Crippen LogP contribution in [0.5, 0.6) is 0 Å². The van der Waals surface area contributed by atoms with Crippen LogP contribution in [0.15, 0.2) is 5.10 Å². The molecular weight excluding hydrogens is 482 g/mol. The molecule has 21 heavy (non-hydrogen) atoms. The van der Waals surface area contributed by atoms with Gasteiger partial charge in [-0.3, -0.25) is 0 Å². The molecule has 0 aromatic rings. The molecule has 0 spiro atoms. The van der Waals surface area contributed by atoms with Gasteiger partial charge in [-0.2, -0.15) is 19.8 Å². The first-order chi connectivity index (χ1) is 9.60. The van der Waals surface area contributed by atoms with E-state index in [0.29, 0.717) is 0 Å². The molecule has 0 atom stereocenters. The van der Waals surface area contributed by atoms with Crippen molar-refractivity contribution in [2.45, 2.75) is 85.0 Å². The molecule has 0 fully saturated rings. The van der Waals surface area contributed by atoms with Crippen LogP contribution in [0.25, 0.3) is 0 Å². The first kappa shape index (κ1) is 29.5. The van der Waals surface area contributed by atoms with Crippen molar-refractivity contribution in [3.63, 3.8) is 0 Å². The van der Waals surface area contributed by atoms with Gasteiger partial charge in [-0.05, 0) is 0 Å². The van der Waals surface area contributed by atoms with E-state index < -0.39 is 0 Å². The molecule has 0 aliphatic heterocycles. The Labute approximate surface area is 159 Å². The van der Waals surface area contributed by atoms with E-state index in [9.17, 15) is 0 Å². The van der Waals surface area contributed by atoms with Crippen LogP contribution in [-0.4, -0.2) is 25.3 Å². The average molecular weight is 522 g/mol. The summed E-state index contributed by atoms with van der Waals surface area (Å²) in [5.41, 5.74) is 0. The van der Waals surface area contributed by atoms with Crippen molar-refractivity contribution in [1.82, 2.24) is 5.01 Å². The summed E-state index contributed by atoms with van der Waals surface area (Å²) in [7, 11) is 3.72. The Morgan fingerprint density at radius 3 is 1.33 bits per heavy atom. The van der Waals surface area contributed by atoms with Gasteiger partial charge in [-0.1, -0.05) is 65.2 Å². The molecule has 1 radical (unpaired) electrons. The van der Waals surface area contributed by atoms with Crippen molar-refractivity contribution in [3.05, 3.63) is 13.8 Å². The molecule has 0 unspecified atom stereocenters. The van der Waals surface area contributed by atoms with Crippen molar-refractivity contribution in [3.8, 4) is 0 Å². The summed E-state index contributed by atoms with van der Waals surface area (Å²) in [6.45, 7) is 13.7. The monoisotopic (exact) mass is 521 g/mol. The standard InChI is InChI=1S/2C7H15.C4H9N2.U/c2*1-3-5-7-6-4-2;1-4-5-6(2)3;/h2*1,3-7H2,2H3;1-3H3;/q3*-1;+3. The second kappa shape index (κ2) is 32.5. The molecule has 0 bridgehead atoms. The maximum atomic E-state index is 3.76. The van der Waals surface area contributed by atoms with Crippen LogP contribution in [0.3, 0.4) is 0 Å². The predicted octanol–water partition coefficient (Wildman–Crippen LogP) is 6.01. The van der Waals surface area contributed by atoms with Gasteiger partial charge in [0.05, 0.1) is 0 Å². The van der Waals surface area contributed by atoms with Crippen molar-refractivity contribution in [2.24, 2.45) is 5.10 Å². The molecule has 0 aromatic heterocycles. The quantitative estimate of drug-likeness (QED) is 0.157. The van der Waals surface area contributed by atoms with Gasteiger partial charge in [0, 0.05) is 14.1 Å². The fourth-order valence-electron chi connectivity index (χ4n) is 1.41. The number of hydrazone groups is 1. The Kier molecular flexibility index (Phi) is 45.6. The van der Waals surface area contributed by atoms with Gasteiger partial charge >= 0.3 is 31.1 Å². The summed E-state index contributed by atoms with van der Waals surface area (Å²) in [6.07, 6.45) is 15.7. The largest absolute Gasteiger partial charge is 3.00 e. The van der Waals surface area contributed by atoms with E-state index in [1.54, 1.807) is 11.9 Å². The molecule has 0 saturated carbocycles. The Morgan fingerprint density at radius 2 is 1.19 bits per heavy atom. The summed E-state index contributed by atoms with van der Waals surface area (Å²) < 4.78 is 0. The zero-order valence-corrected chi connectivity index (χ0v) is 19.5. The Balaban J connectivity index is -0.000000101. The molecular formula is C18H39N2U. The van der Waals surface area contributed by atoms with E-state index in [0.717, 1.165) is 12.8 Å². The molecule has 125 valence electrons. The van der Waals surface area contributed by atoms with Gasteiger partial charge < -0.3 is 30.2 Å². The van der Waals surface area contributed by atoms with E-state index in [4.69, 9.17) is 0 Å². The van der Waals surface area contributed by atoms with Gasteiger partial charge in [-0.25, -0.2) is 0 Å². The van der Waals surface area contributed by atoms with Crippen molar-refractivity contribution in [1.29, 1.82) is 0 Å². The van der Waals surface area contributed by atoms with Gasteiger partial charge in [0.15, 0.2) is 0 Å². The molecule has 0 heterocycles. The van der Waals surface area contributed by atoms with Crippen molar-refractivity contribution < 1.29 is 31.1 Å². The number of hydrogen-bond donors (Lipinski definition) is 0. The third-order valence-electron chi connectivity index (χ3n) is 2.51. The minimum Gasteiger partial charge on any atom is -0.403 e. The SMILES string of the molecule is C[C-]=NN(C)C.[CH2-]CCCCCC.[CH2-]CCCCCC.[U+3]. The summed E-state index contributed by atoms with van der Waals surface area (Å²) >= 11 is 0. The topological polar surface area (TPSA) is 15.6 Å². The van der Waals surface area contributed by atoms with Crippen LogP contribution in [0.2, 0.25) is 0 Å². The fraction of sp³-hybridized carbons (Fsp3) is 0.833. The summed E-state index contributed by atoms with van der Waals surface area (Å²) in [5.74, 6) is 0. The molecule has 2 nitrogen and oxygen atoms in total. The summed E-state index contributed by atoms with van der Waals surface area (Å²) in [6, 6.07) is 0. The van der Waals surface area contributed by atoms with E-state index in [1.165, 1.54) is 51.4 Å². The minimum absolute atomic E-state index is 0. The van der Waals surface area contributed by atoms with Crippen molar-refractivity contribution >= 4 is 6.21 Å². The van der Waals surface area contributed by atoms with E-state index in [2.05, 4.69) is 39.0 Å². The van der Waals surface area contributed by atoms with Crippen LogP contribution >= 0.6 is 0 Å². The third-order valence-corrected chi connectivity index (χ3v) is 2.51. The Hall–Kier alpha value is 0.522. The predicted molar refractivity (Wildman–Crippen MR) is 95.0 cm³/mol. The maximum Gasteiger partial charge on any atom is 3.00 e. The average Bonchev–Trinajstić information content (AvgIpc) is 2.41. The summed E-state index contributed by atoms with van der Waals surface area (Å²) in [4.78, 5) is 0. The summed E-state index contributed by atoms with van der Waals surface area (Å²) in [5, 5.41) is 5.40. The first-order valence-corrected chi connectivity index (χ1v) is 8.23. The zero-order valence-electron chi connectivity index (χ0n) is 15.4. The number of nitrogens with zero attached hydrogens (tertiary/aromatic N) is 2. The molecule has 3 heteroatoms. The van der Waals surface area contributed by atoms with Crippen LogP contribution in [0.1, 0.15) is 85.0 Å². The van der Waals surface area contributed by atoms with Crippen LogP contribution in [-0.2, 0) is 0 Å². The zero-order chi connectivity index (χ0) is 16.1. The van der Waals surface area contributed by atoms with E-state index in [-0.39, 0.29) is 31.1 Å². The van der Waals surface area contributed by atoms with Crippen LogP contribution < -0.4 is 0 Å². The Bertz CT molecular complexity index is 141. The molecule has 0 aromatic carbocycles. The normalized spacial score (nSPS) is 9.10. The molecule has 0 aliphatic rings. The van der Waals surface area contributed by atoms with Crippen molar-refractivity contribution in [2.75, 3.05) is 14.1 Å². The van der Waals surface area contributed by atoms with Gasteiger partial charge in [0.2, 0.25) is 0 Å². The van der Waals surface area contributed by atoms with Gasteiger partial charge in [0.1, 0.15) is 0 Å². The van der Waals surface area contributed by atoms with E-state index in [1.807, 2.05) is 14.1 Å². The van der Waals surface area contributed by atoms with Crippen LogP contribution in [0.4, 0.5) is 0 Å². The molecule has 0 N–H and O–H groups in total. The first-order valence-electron chi connectivity index (χ1n) is 8.23. The maximum absolute atomic E-state index is 3.76. The number of unbranched alkanes of at least 4 members (excludes halogenated alkanes) is 8. The minimum atomic E-state index is 0. The molecule has 0 amide bonds. The van der Waals surface area contributed by atoms with Gasteiger partial charge in [-0.15, -0.1) is 0 Å². The third kappa shape index (κ3) is 53.0. The number of hydrogen-bond acceptors (Lipinski definition) is 2. The second-order valence-corrected chi connectivity index (χ2v) is 5.00. The smallest absolute Gasteiger partial charge is 0.403 e. The fourth-order valence-corrected chi connectivity index (χ4v) is 1.41. The number of rotatable bonds is 9. The molecule has 0 saturated heterocycles.